The second kappa shape index (κ2) is 17.5. The van der Waals surface area contributed by atoms with Crippen molar-refractivity contribution in [1.29, 1.82) is 0 Å². The number of allylic oxidation sites excluding steroid dienone is 2. The van der Waals surface area contributed by atoms with E-state index in [2.05, 4.69) is 0 Å². The van der Waals surface area contributed by atoms with Gasteiger partial charge in [0.05, 0.1) is 10.8 Å². The molecule has 196 valence electrons. The van der Waals surface area contributed by atoms with E-state index in [9.17, 15) is 19.2 Å². The first kappa shape index (κ1) is 32.0. The molecule has 0 aromatic heterocycles. The Bertz CT molecular complexity index is 635. The lowest BCUT2D eigenvalue weighted by Crippen LogP contribution is -2.23. The van der Waals surface area contributed by atoms with E-state index < -0.39 is 22.8 Å². The van der Waals surface area contributed by atoms with Gasteiger partial charge in [0.25, 0.3) is 0 Å². The predicted molar refractivity (Wildman–Crippen MR) is 136 cm³/mol. The average Bonchev–Trinajstić information content (AvgIpc) is 2.77. The molecule has 0 aromatic rings. The van der Waals surface area contributed by atoms with Crippen molar-refractivity contribution < 1.29 is 29.4 Å². The zero-order valence-corrected chi connectivity index (χ0v) is 21.9. The van der Waals surface area contributed by atoms with E-state index >= 15 is 0 Å². The first-order valence-electron chi connectivity index (χ1n) is 13.0. The Kier molecular flexibility index (Phi) is 16.4. The molecule has 2 N–H and O–H groups in total. The maximum atomic E-state index is 11.3. The minimum atomic E-state index is -0.781. The van der Waals surface area contributed by atoms with Crippen LogP contribution in [0.15, 0.2) is 12.2 Å². The van der Waals surface area contributed by atoms with Gasteiger partial charge in [-0.1, -0.05) is 57.1 Å². The van der Waals surface area contributed by atoms with Crippen LogP contribution in [0.1, 0.15) is 118 Å². The summed E-state index contributed by atoms with van der Waals surface area (Å²) in [6, 6.07) is 0. The lowest BCUT2D eigenvalue weighted by Gasteiger charge is -2.19. The Labute approximate surface area is 206 Å². The molecule has 0 aliphatic carbocycles. The number of carboxylic acids is 2. The number of unbranched alkanes of at least 4 members (excludes halogenated alkanes) is 6. The highest BCUT2D eigenvalue weighted by atomic mass is 16.4. The van der Waals surface area contributed by atoms with Gasteiger partial charge >= 0.3 is 11.9 Å². The molecule has 0 radical (unpaired) electrons. The lowest BCUT2D eigenvalue weighted by molar-refractivity contribution is -0.148. The highest BCUT2D eigenvalue weighted by Gasteiger charge is 2.26. The van der Waals surface area contributed by atoms with E-state index in [-0.39, 0.29) is 11.8 Å². The van der Waals surface area contributed by atoms with E-state index in [1.54, 1.807) is 27.7 Å². The van der Waals surface area contributed by atoms with Crippen LogP contribution >= 0.6 is 0 Å². The van der Waals surface area contributed by atoms with E-state index in [4.69, 9.17) is 10.2 Å². The van der Waals surface area contributed by atoms with Crippen molar-refractivity contribution in [1.82, 2.24) is 0 Å². The van der Waals surface area contributed by atoms with Crippen molar-refractivity contribution in [2.24, 2.45) is 22.7 Å². The number of aliphatic carboxylic acids is 2. The SMILES string of the molecule is CC(C)(CCCCCCCC(C=O)C=CCCCC(C=O)CCCCC(C)(C)C(=O)O)C(=O)O. The second-order valence-corrected chi connectivity index (χ2v) is 11.0. The Morgan fingerprint density at radius 2 is 1.15 bits per heavy atom. The van der Waals surface area contributed by atoms with E-state index in [0.717, 1.165) is 89.6 Å². The lowest BCUT2D eigenvalue weighted by atomic mass is 9.86. The molecule has 0 rings (SSSR count). The molecule has 0 aliphatic heterocycles. The number of carbonyl (C=O) groups is 4. The topological polar surface area (TPSA) is 109 Å². The van der Waals surface area contributed by atoms with Gasteiger partial charge in [-0.15, -0.1) is 0 Å². The molecule has 0 amide bonds. The molecule has 0 aliphatic rings. The van der Waals surface area contributed by atoms with Crippen molar-refractivity contribution in [3.8, 4) is 0 Å². The summed E-state index contributed by atoms with van der Waals surface area (Å²) in [7, 11) is 0. The van der Waals surface area contributed by atoms with Crippen molar-refractivity contribution in [3.05, 3.63) is 12.2 Å². The molecule has 0 bridgehead atoms. The molecule has 34 heavy (non-hydrogen) atoms. The minimum absolute atomic E-state index is 0.0179. The molecule has 0 aromatic carbocycles. The molecule has 2 atom stereocenters. The quantitative estimate of drug-likeness (QED) is 0.0995. The fourth-order valence-corrected chi connectivity index (χ4v) is 3.92. The summed E-state index contributed by atoms with van der Waals surface area (Å²) in [5, 5.41) is 18.3. The molecule has 0 heterocycles. The van der Waals surface area contributed by atoms with Crippen LogP contribution < -0.4 is 0 Å². The van der Waals surface area contributed by atoms with Gasteiger partial charge in [0, 0.05) is 11.8 Å². The first-order chi connectivity index (χ1) is 16.0. The van der Waals surface area contributed by atoms with E-state index in [1.807, 2.05) is 12.2 Å². The van der Waals surface area contributed by atoms with Gasteiger partial charge < -0.3 is 19.8 Å². The Morgan fingerprint density at radius 3 is 1.68 bits per heavy atom. The maximum absolute atomic E-state index is 11.3. The number of hydrogen-bond acceptors (Lipinski definition) is 4. The number of rotatable bonds is 22. The van der Waals surface area contributed by atoms with Crippen molar-refractivity contribution in [2.45, 2.75) is 118 Å². The number of carboxylic acid groups (broad SMARTS) is 2. The summed E-state index contributed by atoms with van der Waals surface area (Å²) >= 11 is 0. The molecule has 6 heteroatoms. The van der Waals surface area contributed by atoms with Gasteiger partial charge in [-0.2, -0.15) is 0 Å². The molecule has 0 spiro atoms. The van der Waals surface area contributed by atoms with Crippen LogP contribution in [-0.2, 0) is 19.2 Å². The summed E-state index contributed by atoms with van der Waals surface area (Å²) < 4.78 is 0. The largest absolute Gasteiger partial charge is 0.481 e. The molecular formula is C28H48O6. The van der Waals surface area contributed by atoms with Gasteiger partial charge in [-0.3, -0.25) is 9.59 Å². The third-order valence-electron chi connectivity index (χ3n) is 6.82. The number of aldehydes is 2. The fourth-order valence-electron chi connectivity index (χ4n) is 3.92. The van der Waals surface area contributed by atoms with Crippen LogP contribution in [0.4, 0.5) is 0 Å². The predicted octanol–water partition coefficient (Wildman–Crippen LogP) is 6.86. The monoisotopic (exact) mass is 480 g/mol. The van der Waals surface area contributed by atoms with Gasteiger partial charge in [-0.25, -0.2) is 0 Å². The van der Waals surface area contributed by atoms with Crippen molar-refractivity contribution in [3.63, 3.8) is 0 Å². The summed E-state index contributed by atoms with van der Waals surface area (Å²) in [5.41, 5.74) is -1.37. The van der Waals surface area contributed by atoms with Crippen LogP contribution in [0, 0.1) is 22.7 Å². The zero-order chi connectivity index (χ0) is 26.0. The Balaban J connectivity index is 3.94. The molecule has 6 nitrogen and oxygen atoms in total. The van der Waals surface area contributed by atoms with Crippen LogP contribution in [0.2, 0.25) is 0 Å². The highest BCUT2D eigenvalue weighted by molar-refractivity contribution is 5.73. The standard InChI is InChI=1S/C28H48O6/c1-27(2,25(31)32)19-13-7-5-6-9-15-23(21-29)16-10-8-11-17-24(22-30)18-12-14-20-28(3,4)26(33)34/h10,16,21-24H,5-9,11-15,17-20H2,1-4H3,(H,31,32)(H,33,34). The van der Waals surface area contributed by atoms with Crippen LogP contribution in [-0.4, -0.2) is 34.7 Å². The van der Waals surface area contributed by atoms with Gasteiger partial charge in [-0.05, 0) is 72.6 Å². The Hall–Kier alpha value is -1.98. The highest BCUT2D eigenvalue weighted by Crippen LogP contribution is 2.26. The fraction of sp³-hybridized carbons (Fsp3) is 0.786. The normalized spacial score (nSPS) is 14.1. The maximum Gasteiger partial charge on any atom is 0.309 e. The molecule has 2 unspecified atom stereocenters. The smallest absolute Gasteiger partial charge is 0.309 e. The summed E-state index contributed by atoms with van der Waals surface area (Å²) in [6.07, 6.45) is 18.3. The average molecular weight is 481 g/mol. The van der Waals surface area contributed by atoms with Crippen LogP contribution in [0.5, 0.6) is 0 Å². The van der Waals surface area contributed by atoms with Gasteiger partial charge in [0.1, 0.15) is 12.6 Å². The van der Waals surface area contributed by atoms with Crippen molar-refractivity contribution >= 4 is 24.5 Å². The minimum Gasteiger partial charge on any atom is -0.481 e. The number of hydrogen-bond donors (Lipinski definition) is 2. The van der Waals surface area contributed by atoms with Crippen molar-refractivity contribution in [2.75, 3.05) is 0 Å². The van der Waals surface area contributed by atoms with Crippen LogP contribution in [0.3, 0.4) is 0 Å². The van der Waals surface area contributed by atoms with Crippen LogP contribution in [0.25, 0.3) is 0 Å². The molecule has 0 fully saturated rings. The van der Waals surface area contributed by atoms with Gasteiger partial charge in [0.2, 0.25) is 0 Å². The first-order valence-corrected chi connectivity index (χ1v) is 13.0. The molecular weight excluding hydrogens is 432 g/mol. The molecule has 0 saturated carbocycles. The number of carbonyl (C=O) groups excluding carboxylic acids is 2. The third-order valence-corrected chi connectivity index (χ3v) is 6.82. The second-order valence-electron chi connectivity index (χ2n) is 11.0. The summed E-state index contributed by atoms with van der Waals surface area (Å²) in [5.74, 6) is -1.57. The van der Waals surface area contributed by atoms with E-state index in [0.29, 0.717) is 12.8 Å². The van der Waals surface area contributed by atoms with Gasteiger partial charge in [0.15, 0.2) is 0 Å². The Morgan fingerprint density at radius 1 is 0.676 bits per heavy atom. The zero-order valence-electron chi connectivity index (χ0n) is 21.9. The summed E-state index contributed by atoms with van der Waals surface area (Å²) in [6.45, 7) is 7.00. The summed E-state index contributed by atoms with van der Waals surface area (Å²) in [4.78, 5) is 44.9. The molecule has 0 saturated heterocycles. The third kappa shape index (κ3) is 15.0. The van der Waals surface area contributed by atoms with E-state index in [1.165, 1.54) is 0 Å².